The molecule has 2 aromatic heterocycles. The maximum atomic E-state index is 15.0. The number of ketones is 1. The molecule has 0 bridgehead atoms. The molecule has 2 aromatic carbocycles. The lowest BCUT2D eigenvalue weighted by Crippen LogP contribution is -2.35. The number of hydrogen-bond acceptors (Lipinski definition) is 9. The number of pyridine rings is 1. The molecule has 3 fully saturated rings. The molecule has 2 aliphatic heterocycles. The predicted octanol–water partition coefficient (Wildman–Crippen LogP) is 5.45. The quantitative estimate of drug-likeness (QED) is 0.141. The fourth-order valence-corrected chi connectivity index (χ4v) is 6.35. The van der Waals surface area contributed by atoms with Gasteiger partial charge in [0.2, 0.25) is 5.88 Å². The molecule has 7 rings (SSSR count). The first-order valence-corrected chi connectivity index (χ1v) is 15.9. The van der Waals surface area contributed by atoms with Crippen LogP contribution in [0.5, 0.6) is 17.4 Å². The standard InChI is InChI=1S/C35H37FN4O6/c1-43-32-15-24(28(36)17-27(32)35(42)23-5-6-23)20-45-34-4-2-3-29(38-34)22-9-12-39(13-10-22)19-33-37-30-8-7-25(46-21-41)16-31(30)40(33)18-26-11-14-44-26/h2-4,7-8,15-17,21-23,26H,5-6,9-14,18-20H2,1H3/t26-/m0/s1. The number of imidazole rings is 1. The molecule has 240 valence electrons. The molecule has 1 aliphatic carbocycles. The monoisotopic (exact) mass is 628 g/mol. The highest BCUT2D eigenvalue weighted by atomic mass is 19.1. The Kier molecular flexibility index (Phi) is 8.68. The lowest BCUT2D eigenvalue weighted by Gasteiger charge is -2.32. The van der Waals surface area contributed by atoms with Crippen molar-refractivity contribution in [2.75, 3.05) is 26.8 Å². The second-order valence-electron chi connectivity index (χ2n) is 12.3. The van der Waals surface area contributed by atoms with Crippen LogP contribution in [0.3, 0.4) is 0 Å². The number of methoxy groups -OCH3 is 1. The fraction of sp³-hybridized carbons (Fsp3) is 0.429. The number of piperidine rings is 1. The third kappa shape index (κ3) is 6.47. The number of halogens is 1. The van der Waals surface area contributed by atoms with Crippen LogP contribution < -0.4 is 14.2 Å². The van der Waals surface area contributed by atoms with Crippen molar-refractivity contribution < 1.29 is 32.9 Å². The summed E-state index contributed by atoms with van der Waals surface area (Å²) < 4.78 is 39.3. The SMILES string of the molecule is COc1cc(COc2cccc(C3CCN(Cc4nc5ccc(OC=O)cc5n4C[C@@H]4CCO4)CC3)n2)c(F)cc1C(=O)C1CC1. The highest BCUT2D eigenvalue weighted by Gasteiger charge is 2.33. The summed E-state index contributed by atoms with van der Waals surface area (Å²) in [6.45, 7) is 4.38. The first-order valence-electron chi connectivity index (χ1n) is 15.9. The van der Waals surface area contributed by atoms with E-state index in [2.05, 4.69) is 9.47 Å². The molecule has 4 aromatic rings. The lowest BCUT2D eigenvalue weighted by atomic mass is 9.93. The Morgan fingerprint density at radius 2 is 1.89 bits per heavy atom. The van der Waals surface area contributed by atoms with Gasteiger partial charge in [0.05, 0.1) is 42.9 Å². The highest BCUT2D eigenvalue weighted by Crippen LogP contribution is 2.36. The van der Waals surface area contributed by atoms with Gasteiger partial charge in [-0.1, -0.05) is 6.07 Å². The van der Waals surface area contributed by atoms with Crippen molar-refractivity contribution in [3.63, 3.8) is 0 Å². The number of carbonyl (C=O) groups is 2. The minimum Gasteiger partial charge on any atom is -0.496 e. The smallest absolute Gasteiger partial charge is 0.298 e. The van der Waals surface area contributed by atoms with Crippen molar-refractivity contribution in [1.82, 2.24) is 19.4 Å². The summed E-state index contributed by atoms with van der Waals surface area (Å²) >= 11 is 0. The second kappa shape index (κ2) is 13.2. The molecule has 1 atom stereocenters. The van der Waals surface area contributed by atoms with Crippen LogP contribution in [0.4, 0.5) is 4.39 Å². The summed E-state index contributed by atoms with van der Waals surface area (Å²) in [7, 11) is 1.49. The van der Waals surface area contributed by atoms with E-state index in [1.807, 2.05) is 24.3 Å². The van der Waals surface area contributed by atoms with Crippen LogP contribution in [0, 0.1) is 11.7 Å². The van der Waals surface area contributed by atoms with Gasteiger partial charge in [-0.15, -0.1) is 0 Å². The summed E-state index contributed by atoms with van der Waals surface area (Å²) in [5.41, 5.74) is 3.36. The van der Waals surface area contributed by atoms with E-state index in [0.717, 1.165) is 74.4 Å². The molecule has 0 spiro atoms. The Balaban J connectivity index is 0.987. The zero-order chi connectivity index (χ0) is 31.6. The number of carbonyl (C=O) groups excluding carboxylic acids is 2. The summed E-state index contributed by atoms with van der Waals surface area (Å²) in [6, 6.07) is 14.1. The van der Waals surface area contributed by atoms with E-state index in [1.54, 1.807) is 18.2 Å². The summed E-state index contributed by atoms with van der Waals surface area (Å²) in [5, 5.41) is 0. The summed E-state index contributed by atoms with van der Waals surface area (Å²) in [4.78, 5) is 35.6. The minimum absolute atomic E-state index is 0.0232. The van der Waals surface area contributed by atoms with E-state index in [-0.39, 0.29) is 30.3 Å². The van der Waals surface area contributed by atoms with Gasteiger partial charge in [0.15, 0.2) is 5.78 Å². The number of benzene rings is 2. The van der Waals surface area contributed by atoms with E-state index in [9.17, 15) is 14.0 Å². The third-order valence-electron chi connectivity index (χ3n) is 9.24. The van der Waals surface area contributed by atoms with E-state index < -0.39 is 5.82 Å². The average molecular weight is 629 g/mol. The topological polar surface area (TPSA) is 105 Å². The van der Waals surface area contributed by atoms with Crippen LogP contribution in [0.2, 0.25) is 0 Å². The fourth-order valence-electron chi connectivity index (χ4n) is 6.35. The Morgan fingerprint density at radius 1 is 1.07 bits per heavy atom. The van der Waals surface area contributed by atoms with Gasteiger partial charge in [-0.2, -0.15) is 0 Å². The van der Waals surface area contributed by atoms with Crippen molar-refractivity contribution in [1.29, 1.82) is 0 Å². The zero-order valence-corrected chi connectivity index (χ0v) is 25.8. The van der Waals surface area contributed by atoms with Crippen LogP contribution in [0.15, 0.2) is 48.5 Å². The number of likely N-dealkylation sites (tertiary alicyclic amines) is 1. The van der Waals surface area contributed by atoms with Crippen molar-refractivity contribution >= 4 is 23.3 Å². The number of Topliss-reactive ketones (excluding diaryl/α,β-unsaturated/α-hetero) is 1. The first-order chi connectivity index (χ1) is 22.5. The van der Waals surface area contributed by atoms with Gasteiger partial charge in [0, 0.05) is 41.8 Å². The molecule has 2 saturated heterocycles. The molecule has 0 N–H and O–H groups in total. The number of nitrogens with zero attached hydrogens (tertiary/aromatic N) is 4. The molecular weight excluding hydrogens is 591 g/mol. The largest absolute Gasteiger partial charge is 0.496 e. The van der Waals surface area contributed by atoms with Gasteiger partial charge in [0.25, 0.3) is 6.47 Å². The lowest BCUT2D eigenvalue weighted by molar-refractivity contribution is -0.120. The van der Waals surface area contributed by atoms with E-state index in [0.29, 0.717) is 48.1 Å². The second-order valence-corrected chi connectivity index (χ2v) is 12.3. The van der Waals surface area contributed by atoms with Gasteiger partial charge in [-0.3, -0.25) is 14.5 Å². The number of ether oxygens (including phenoxy) is 4. The summed E-state index contributed by atoms with van der Waals surface area (Å²) in [5.74, 6) is 1.96. The molecule has 4 heterocycles. The van der Waals surface area contributed by atoms with Crippen LogP contribution in [0.1, 0.15) is 65.5 Å². The maximum absolute atomic E-state index is 15.0. The Bertz CT molecular complexity index is 1740. The van der Waals surface area contributed by atoms with Crippen molar-refractivity contribution in [2.24, 2.45) is 5.92 Å². The summed E-state index contributed by atoms with van der Waals surface area (Å²) in [6.07, 6.45) is 4.73. The molecule has 0 unspecified atom stereocenters. The van der Waals surface area contributed by atoms with Gasteiger partial charge in [-0.25, -0.2) is 14.4 Å². The number of fused-ring (bicyclic) bond motifs is 1. The highest BCUT2D eigenvalue weighted by molar-refractivity contribution is 6.01. The van der Waals surface area contributed by atoms with Crippen molar-refractivity contribution in [3.8, 4) is 17.4 Å². The van der Waals surface area contributed by atoms with E-state index >= 15 is 0 Å². The Hall–Kier alpha value is -4.35. The molecular formula is C35H37FN4O6. The van der Waals surface area contributed by atoms with Crippen LogP contribution in [0.25, 0.3) is 11.0 Å². The number of rotatable bonds is 13. The van der Waals surface area contributed by atoms with Crippen LogP contribution in [-0.4, -0.2) is 64.6 Å². The average Bonchev–Trinajstić information content (AvgIpc) is 3.85. The van der Waals surface area contributed by atoms with Crippen LogP contribution in [-0.2, 0) is 29.2 Å². The third-order valence-corrected chi connectivity index (χ3v) is 9.24. The maximum Gasteiger partial charge on any atom is 0.298 e. The van der Waals surface area contributed by atoms with Gasteiger partial charge < -0.3 is 23.5 Å². The normalized spacial score (nSPS) is 18.7. The molecule has 11 heteroatoms. The molecule has 0 amide bonds. The van der Waals surface area contributed by atoms with Crippen molar-refractivity contribution in [3.05, 3.63) is 77.0 Å². The Labute approximate surface area is 266 Å². The number of hydrogen-bond donors (Lipinski definition) is 0. The molecule has 10 nitrogen and oxygen atoms in total. The van der Waals surface area contributed by atoms with Gasteiger partial charge in [-0.05, 0) is 75.5 Å². The first kappa shape index (κ1) is 30.3. The van der Waals surface area contributed by atoms with Gasteiger partial charge in [0.1, 0.15) is 29.7 Å². The molecule has 46 heavy (non-hydrogen) atoms. The number of aromatic nitrogens is 3. The zero-order valence-electron chi connectivity index (χ0n) is 25.8. The van der Waals surface area contributed by atoms with E-state index in [4.69, 9.17) is 28.9 Å². The molecule has 1 saturated carbocycles. The molecule has 0 radical (unpaired) electrons. The van der Waals surface area contributed by atoms with Crippen LogP contribution >= 0.6 is 0 Å². The predicted molar refractivity (Wildman–Crippen MR) is 167 cm³/mol. The van der Waals surface area contributed by atoms with E-state index in [1.165, 1.54) is 13.2 Å². The van der Waals surface area contributed by atoms with Gasteiger partial charge >= 0.3 is 0 Å². The van der Waals surface area contributed by atoms with Crippen molar-refractivity contribution in [2.45, 2.75) is 63.8 Å². The molecule has 3 aliphatic rings. The minimum atomic E-state index is -0.489. The Morgan fingerprint density at radius 3 is 2.61 bits per heavy atom.